The summed E-state index contributed by atoms with van der Waals surface area (Å²) in [6.07, 6.45) is 3.90. The Labute approximate surface area is 155 Å². The Hall–Kier alpha value is -3.35. The minimum absolute atomic E-state index is 0.0613. The van der Waals surface area contributed by atoms with Crippen LogP contribution in [0.3, 0.4) is 0 Å². The minimum Gasteiger partial charge on any atom is -0.469 e. The lowest BCUT2D eigenvalue weighted by Crippen LogP contribution is -2.36. The van der Waals surface area contributed by atoms with Gasteiger partial charge in [-0.1, -0.05) is 18.2 Å². The summed E-state index contributed by atoms with van der Waals surface area (Å²) in [5.41, 5.74) is 1.11. The molecule has 3 aromatic heterocycles. The zero-order chi connectivity index (χ0) is 19.0. The molecule has 0 saturated heterocycles. The van der Waals surface area contributed by atoms with Crippen LogP contribution in [0.5, 0.6) is 0 Å². The molecule has 0 saturated carbocycles. The highest BCUT2D eigenvalue weighted by Gasteiger charge is 2.18. The molecule has 1 amide bonds. The molecule has 0 unspecified atom stereocenters. The molecule has 3 heterocycles. The average molecular weight is 364 g/mol. The first-order chi connectivity index (χ1) is 13.0. The predicted octanol–water partition coefficient (Wildman–Crippen LogP) is 2.23. The van der Waals surface area contributed by atoms with E-state index >= 15 is 0 Å². The minimum atomic E-state index is -0.222. The van der Waals surface area contributed by atoms with E-state index < -0.39 is 0 Å². The summed E-state index contributed by atoms with van der Waals surface area (Å²) < 4.78 is 8.38. The van der Waals surface area contributed by atoms with Crippen molar-refractivity contribution in [3.63, 3.8) is 0 Å². The van der Waals surface area contributed by atoms with Gasteiger partial charge in [0.25, 0.3) is 5.56 Å². The first kappa shape index (κ1) is 17.1. The fourth-order valence-electron chi connectivity index (χ4n) is 3.45. The summed E-state index contributed by atoms with van der Waals surface area (Å²) in [4.78, 5) is 25.3. The lowest BCUT2D eigenvalue weighted by atomic mass is 10.2. The Kier molecular flexibility index (Phi) is 4.27. The number of aromatic nitrogens is 3. The maximum atomic E-state index is 12.7. The lowest BCUT2D eigenvalue weighted by molar-refractivity contribution is -0.122. The quantitative estimate of drug-likeness (QED) is 0.589. The summed E-state index contributed by atoms with van der Waals surface area (Å²) in [5.74, 6) is 0.662. The molecular weight excluding hydrogens is 344 g/mol. The van der Waals surface area contributed by atoms with Gasteiger partial charge in [-0.3, -0.25) is 9.59 Å². The van der Waals surface area contributed by atoms with Gasteiger partial charge in [0, 0.05) is 35.8 Å². The number of carbonyl (C=O) groups is 1. The second-order valence-electron chi connectivity index (χ2n) is 6.69. The Bertz CT molecular complexity index is 1170. The fraction of sp³-hybridized carbons (Fsp3) is 0.250. The summed E-state index contributed by atoms with van der Waals surface area (Å²) in [6.45, 7) is 1.99. The topological polar surface area (TPSA) is 82.1 Å². The summed E-state index contributed by atoms with van der Waals surface area (Å²) in [7, 11) is 1.61. The first-order valence-corrected chi connectivity index (χ1v) is 8.79. The number of fused-ring (bicyclic) bond motifs is 3. The van der Waals surface area contributed by atoms with Crippen molar-refractivity contribution in [2.45, 2.75) is 25.9 Å². The van der Waals surface area contributed by atoms with E-state index in [0.717, 1.165) is 22.0 Å². The number of nitrogens with zero attached hydrogens (tertiary/aromatic N) is 3. The largest absolute Gasteiger partial charge is 0.469 e. The molecule has 4 rings (SSSR count). The third-order valence-electron chi connectivity index (χ3n) is 4.66. The van der Waals surface area contributed by atoms with Crippen LogP contribution < -0.4 is 10.9 Å². The number of hydrogen-bond donors (Lipinski definition) is 1. The van der Waals surface area contributed by atoms with Gasteiger partial charge in [0.15, 0.2) is 0 Å². The van der Waals surface area contributed by atoms with Crippen molar-refractivity contribution in [3.8, 4) is 0 Å². The van der Waals surface area contributed by atoms with Crippen molar-refractivity contribution in [1.29, 1.82) is 0 Å². The SMILES string of the molecule is C[C@@H](Cc1ccco1)NC(=O)Cn1c2ccccc2c2cnn(C)c(=O)c21. The highest BCUT2D eigenvalue weighted by atomic mass is 16.3. The second-order valence-corrected chi connectivity index (χ2v) is 6.69. The highest BCUT2D eigenvalue weighted by molar-refractivity contribution is 6.07. The van der Waals surface area contributed by atoms with Crippen LogP contribution >= 0.6 is 0 Å². The van der Waals surface area contributed by atoms with Crippen LogP contribution in [0.1, 0.15) is 12.7 Å². The number of nitrogens with one attached hydrogen (secondary N) is 1. The molecule has 0 bridgehead atoms. The molecule has 0 fully saturated rings. The van der Waals surface area contributed by atoms with Crippen LogP contribution in [0.2, 0.25) is 0 Å². The number of hydrogen-bond acceptors (Lipinski definition) is 4. The van der Waals surface area contributed by atoms with Gasteiger partial charge in [-0.2, -0.15) is 5.10 Å². The predicted molar refractivity (Wildman–Crippen MR) is 102 cm³/mol. The van der Waals surface area contributed by atoms with Crippen LogP contribution in [0, 0.1) is 0 Å². The van der Waals surface area contributed by atoms with Gasteiger partial charge in [-0.15, -0.1) is 0 Å². The van der Waals surface area contributed by atoms with Crippen molar-refractivity contribution in [3.05, 3.63) is 65.0 Å². The molecule has 0 aliphatic heterocycles. The van der Waals surface area contributed by atoms with E-state index in [0.29, 0.717) is 11.9 Å². The zero-order valence-electron chi connectivity index (χ0n) is 15.2. The van der Waals surface area contributed by atoms with E-state index in [1.165, 1.54) is 4.68 Å². The fourth-order valence-corrected chi connectivity index (χ4v) is 3.45. The van der Waals surface area contributed by atoms with E-state index in [9.17, 15) is 9.59 Å². The molecular formula is C20H20N4O3. The van der Waals surface area contributed by atoms with Gasteiger partial charge in [0.2, 0.25) is 5.91 Å². The molecule has 7 nitrogen and oxygen atoms in total. The highest BCUT2D eigenvalue weighted by Crippen LogP contribution is 2.26. The van der Waals surface area contributed by atoms with E-state index in [1.807, 2.05) is 43.3 Å². The lowest BCUT2D eigenvalue weighted by Gasteiger charge is -2.14. The summed E-state index contributed by atoms with van der Waals surface area (Å²) in [6, 6.07) is 11.3. The molecule has 0 aliphatic carbocycles. The number of aryl methyl sites for hydroxylation is 1. The van der Waals surface area contributed by atoms with Gasteiger partial charge in [-0.05, 0) is 25.1 Å². The third-order valence-corrected chi connectivity index (χ3v) is 4.66. The molecule has 1 N–H and O–H groups in total. The third kappa shape index (κ3) is 3.12. The number of carbonyl (C=O) groups excluding carboxylic acids is 1. The van der Waals surface area contributed by atoms with Crippen LogP contribution in [0.15, 0.2) is 58.1 Å². The molecule has 0 aliphatic rings. The maximum absolute atomic E-state index is 12.7. The van der Waals surface area contributed by atoms with Crippen molar-refractivity contribution < 1.29 is 9.21 Å². The average Bonchev–Trinajstić information content (AvgIpc) is 3.25. The van der Waals surface area contributed by atoms with Crippen LogP contribution in [-0.4, -0.2) is 26.3 Å². The number of rotatable bonds is 5. The Morgan fingerprint density at radius 3 is 2.81 bits per heavy atom. The molecule has 138 valence electrons. The van der Waals surface area contributed by atoms with E-state index in [-0.39, 0.29) is 24.1 Å². The summed E-state index contributed by atoms with van der Waals surface area (Å²) in [5, 5.41) is 8.76. The number of amides is 1. The van der Waals surface area contributed by atoms with Crippen LogP contribution in [0.25, 0.3) is 21.8 Å². The number of benzene rings is 1. The van der Waals surface area contributed by atoms with Crippen molar-refractivity contribution in [2.75, 3.05) is 0 Å². The van der Waals surface area contributed by atoms with Crippen molar-refractivity contribution >= 4 is 27.7 Å². The van der Waals surface area contributed by atoms with E-state index in [1.54, 1.807) is 24.1 Å². The molecule has 27 heavy (non-hydrogen) atoms. The van der Waals surface area contributed by atoms with Crippen molar-refractivity contribution in [2.24, 2.45) is 7.05 Å². The second kappa shape index (κ2) is 6.75. The molecule has 7 heteroatoms. The standard InChI is InChI=1S/C20H20N4O3/c1-13(10-14-6-5-9-27-14)22-18(25)12-24-17-8-4-3-7-15(17)16-11-21-23(2)20(26)19(16)24/h3-9,11,13H,10,12H2,1-2H3,(H,22,25)/t13-/m0/s1. The Balaban J connectivity index is 1.67. The van der Waals surface area contributed by atoms with Gasteiger partial charge in [0.05, 0.1) is 12.5 Å². The van der Waals surface area contributed by atoms with E-state index in [2.05, 4.69) is 10.4 Å². The Morgan fingerprint density at radius 2 is 2.04 bits per heavy atom. The van der Waals surface area contributed by atoms with E-state index in [4.69, 9.17) is 4.42 Å². The molecule has 1 atom stereocenters. The molecule has 0 radical (unpaired) electrons. The van der Waals surface area contributed by atoms with Crippen LogP contribution in [-0.2, 0) is 24.8 Å². The van der Waals surface area contributed by atoms with Gasteiger partial charge < -0.3 is 14.3 Å². The zero-order valence-corrected chi connectivity index (χ0v) is 15.2. The monoisotopic (exact) mass is 364 g/mol. The summed E-state index contributed by atoms with van der Waals surface area (Å²) >= 11 is 0. The van der Waals surface area contributed by atoms with Crippen LogP contribution in [0.4, 0.5) is 0 Å². The smallest absolute Gasteiger partial charge is 0.291 e. The molecule has 4 aromatic rings. The number of furan rings is 1. The normalized spacial score (nSPS) is 12.5. The Morgan fingerprint density at radius 1 is 1.22 bits per heavy atom. The maximum Gasteiger partial charge on any atom is 0.291 e. The molecule has 1 aromatic carbocycles. The molecule has 0 spiro atoms. The first-order valence-electron chi connectivity index (χ1n) is 8.79. The number of para-hydroxylation sites is 1. The van der Waals surface area contributed by atoms with Crippen molar-refractivity contribution in [1.82, 2.24) is 19.7 Å². The van der Waals surface area contributed by atoms with Gasteiger partial charge in [0.1, 0.15) is 17.8 Å². The van der Waals surface area contributed by atoms with Gasteiger partial charge >= 0.3 is 0 Å². The van der Waals surface area contributed by atoms with Gasteiger partial charge in [-0.25, -0.2) is 4.68 Å².